The van der Waals surface area contributed by atoms with Gasteiger partial charge in [0.25, 0.3) is 0 Å². The Morgan fingerprint density at radius 3 is 2.50 bits per heavy atom. The molecule has 1 rings (SSSR count). The fourth-order valence-electron chi connectivity index (χ4n) is 2.76. The molecule has 0 amide bonds. The number of hydrogen-bond acceptors (Lipinski definition) is 5. The van der Waals surface area contributed by atoms with Crippen molar-refractivity contribution in [2.75, 3.05) is 19.8 Å². The van der Waals surface area contributed by atoms with Crippen LogP contribution in [0.5, 0.6) is 5.75 Å². The lowest BCUT2D eigenvalue weighted by molar-refractivity contribution is -0.139. The van der Waals surface area contributed by atoms with E-state index in [1.165, 1.54) is 6.07 Å². The zero-order chi connectivity index (χ0) is 21.0. The average Bonchev–Trinajstić information content (AvgIpc) is 2.67. The van der Waals surface area contributed by atoms with Gasteiger partial charge in [0.2, 0.25) is 0 Å². The normalized spacial score (nSPS) is 14.5. The number of ether oxygens (including phenoxy) is 1. The zero-order valence-corrected chi connectivity index (χ0v) is 17.4. The molecule has 0 fully saturated rings. The Hall–Kier alpha value is -1.08. The van der Waals surface area contributed by atoms with E-state index in [2.05, 4.69) is 6.92 Å². The lowest BCUT2D eigenvalue weighted by Gasteiger charge is -2.26. The van der Waals surface area contributed by atoms with E-state index in [1.54, 1.807) is 6.07 Å². The first-order valence-electron chi connectivity index (χ1n) is 9.53. The van der Waals surface area contributed by atoms with Crippen LogP contribution in [0.1, 0.15) is 56.6 Å². The molecule has 28 heavy (non-hydrogen) atoms. The Labute approximate surface area is 165 Å². The molecule has 0 aliphatic rings. The van der Waals surface area contributed by atoms with Crippen LogP contribution in [0.25, 0.3) is 0 Å². The minimum absolute atomic E-state index is 0.117. The Kier molecular flexibility index (Phi) is 11.1. The van der Waals surface area contributed by atoms with Gasteiger partial charge in [-0.15, -0.1) is 0 Å². The summed E-state index contributed by atoms with van der Waals surface area (Å²) in [7, 11) is -1.46. The van der Waals surface area contributed by atoms with Gasteiger partial charge >= 0.3 is 6.18 Å². The van der Waals surface area contributed by atoms with Crippen LogP contribution in [0.2, 0.25) is 0 Å². The Morgan fingerprint density at radius 2 is 1.89 bits per heavy atom. The van der Waals surface area contributed by atoms with Crippen LogP contribution < -0.4 is 10.5 Å². The molecule has 0 aliphatic carbocycles. The molecule has 0 bridgehead atoms. The van der Waals surface area contributed by atoms with E-state index in [-0.39, 0.29) is 31.8 Å². The summed E-state index contributed by atoms with van der Waals surface area (Å²) in [5.41, 5.74) is 4.42. The third-order valence-corrected chi connectivity index (χ3v) is 4.82. The highest BCUT2D eigenvalue weighted by molar-refractivity contribution is 7.17. The minimum atomic E-state index is -4.53. The largest absolute Gasteiger partial charge is 0.493 e. The molecule has 1 aromatic rings. The van der Waals surface area contributed by atoms with Crippen molar-refractivity contribution >= 4 is 8.69 Å². The Bertz CT molecular complexity index is 601. The molecule has 0 radical (unpaired) electrons. The zero-order valence-electron chi connectivity index (χ0n) is 16.3. The summed E-state index contributed by atoms with van der Waals surface area (Å²) in [5, 5.41) is 9.39. The molecule has 1 aromatic carbocycles. The first kappa shape index (κ1) is 25.0. The molecule has 0 spiro atoms. The fourth-order valence-corrected chi connectivity index (χ4v) is 3.16. The van der Waals surface area contributed by atoms with Crippen LogP contribution in [0.3, 0.4) is 0 Å². The van der Waals surface area contributed by atoms with Gasteiger partial charge in [-0.2, -0.15) is 13.2 Å². The van der Waals surface area contributed by atoms with E-state index >= 15 is 0 Å². The lowest BCUT2D eigenvalue weighted by Crippen LogP contribution is -2.47. The second-order valence-corrected chi connectivity index (χ2v) is 7.54. The van der Waals surface area contributed by atoms with Crippen LogP contribution >= 0.6 is 8.69 Å². The van der Waals surface area contributed by atoms with Gasteiger partial charge < -0.3 is 20.1 Å². The highest BCUT2D eigenvalue weighted by Crippen LogP contribution is 2.37. The Balaban J connectivity index is 2.76. The van der Waals surface area contributed by atoms with Crippen LogP contribution in [-0.4, -0.2) is 30.5 Å². The molecule has 3 N–H and O–H groups in total. The van der Waals surface area contributed by atoms with E-state index < -0.39 is 32.6 Å². The topological polar surface area (TPSA) is 81.8 Å². The van der Waals surface area contributed by atoms with Crippen molar-refractivity contribution in [2.45, 2.75) is 63.6 Å². The number of aliphatic hydroxyl groups excluding tert-OH is 1. The molecule has 9 heteroatoms. The first-order valence-corrected chi connectivity index (χ1v) is 10.5. The summed E-state index contributed by atoms with van der Waals surface area (Å²) in [6.07, 6.45) is 0.790. The van der Waals surface area contributed by atoms with Gasteiger partial charge in [-0.05, 0) is 37.0 Å². The molecular weight excluding hydrogens is 394 g/mol. The van der Waals surface area contributed by atoms with Crippen molar-refractivity contribution < 1.29 is 32.1 Å². The third-order valence-electron chi connectivity index (χ3n) is 4.52. The second kappa shape index (κ2) is 12.5. The van der Waals surface area contributed by atoms with Gasteiger partial charge in [0.15, 0.2) is 8.69 Å². The van der Waals surface area contributed by atoms with Crippen LogP contribution in [0.15, 0.2) is 18.2 Å². The number of nitrogens with two attached hydrogens (primary N) is 1. The highest BCUT2D eigenvalue weighted by Gasteiger charge is 2.35. The van der Waals surface area contributed by atoms with Gasteiger partial charge in [-0.1, -0.05) is 38.7 Å². The highest BCUT2D eigenvalue weighted by atomic mass is 31.1. The monoisotopic (exact) mass is 425 g/mol. The summed E-state index contributed by atoms with van der Waals surface area (Å²) in [5.74, 6) is -0.175. The number of aliphatic hydroxyl groups is 1. The maximum Gasteiger partial charge on any atom is 0.419 e. The van der Waals surface area contributed by atoms with E-state index in [0.717, 1.165) is 31.7 Å². The van der Waals surface area contributed by atoms with Crippen LogP contribution in [-0.2, 0) is 21.7 Å². The van der Waals surface area contributed by atoms with Crippen LogP contribution in [0, 0.1) is 0 Å². The van der Waals surface area contributed by atoms with Gasteiger partial charge in [0.05, 0.1) is 30.9 Å². The molecule has 0 aromatic heterocycles. The van der Waals surface area contributed by atoms with Crippen molar-refractivity contribution in [3.63, 3.8) is 0 Å². The molecule has 162 valence electrons. The van der Waals surface area contributed by atoms with Gasteiger partial charge in [0.1, 0.15) is 5.75 Å². The molecule has 2 unspecified atom stereocenters. The molecule has 0 saturated carbocycles. The molecule has 0 aliphatic heterocycles. The number of alkyl halides is 3. The number of rotatable bonds is 14. The number of aryl methyl sites for hydroxylation is 1. The van der Waals surface area contributed by atoms with Crippen molar-refractivity contribution in [3.8, 4) is 5.75 Å². The number of unbranched alkanes of at least 4 members (excludes halogenated alkanes) is 4. The van der Waals surface area contributed by atoms with Crippen molar-refractivity contribution in [3.05, 3.63) is 29.3 Å². The maximum absolute atomic E-state index is 13.4. The van der Waals surface area contributed by atoms with E-state index in [0.29, 0.717) is 12.0 Å². The average molecular weight is 425 g/mol. The van der Waals surface area contributed by atoms with Crippen LogP contribution in [0.4, 0.5) is 13.2 Å². The standard InChI is InChI=1S/C19H31F3NO4P/c1-2-3-4-5-6-11-26-17-8-7-15(12-16(17)19(20,21)22)9-10-18(23,13-24)14-27-28-25/h7-8,12,24H,2-6,9-11,13-14,23,28H2,1H3. The quantitative estimate of drug-likeness (QED) is 0.342. The summed E-state index contributed by atoms with van der Waals surface area (Å²) in [4.78, 5) is 0. The summed E-state index contributed by atoms with van der Waals surface area (Å²) in [6.45, 7) is 1.81. The Morgan fingerprint density at radius 1 is 1.18 bits per heavy atom. The third kappa shape index (κ3) is 8.95. The van der Waals surface area contributed by atoms with Gasteiger partial charge in [-0.25, -0.2) is 0 Å². The fraction of sp³-hybridized carbons (Fsp3) is 0.684. The number of benzene rings is 1. The maximum atomic E-state index is 13.4. The molecular formula is C19H31F3NO4P. The molecule has 2 atom stereocenters. The van der Waals surface area contributed by atoms with Crippen molar-refractivity contribution in [1.82, 2.24) is 0 Å². The number of hydrogen-bond donors (Lipinski definition) is 2. The SMILES string of the molecule is CCCCCCCOc1ccc(CCC(N)(CO)CO[PH2]=O)cc1C(F)(F)F. The van der Waals surface area contributed by atoms with Crippen molar-refractivity contribution in [1.29, 1.82) is 0 Å². The van der Waals surface area contributed by atoms with Crippen molar-refractivity contribution in [2.24, 2.45) is 5.73 Å². The number of halogens is 3. The summed E-state index contributed by atoms with van der Waals surface area (Å²) >= 11 is 0. The van der Waals surface area contributed by atoms with Gasteiger partial charge in [-0.3, -0.25) is 4.57 Å². The van der Waals surface area contributed by atoms with E-state index in [4.69, 9.17) is 15.0 Å². The molecule has 5 nitrogen and oxygen atoms in total. The van der Waals surface area contributed by atoms with E-state index in [1.807, 2.05) is 0 Å². The summed E-state index contributed by atoms with van der Waals surface area (Å²) in [6, 6.07) is 3.96. The predicted octanol–water partition coefficient (Wildman–Crippen LogP) is 4.36. The smallest absolute Gasteiger partial charge is 0.419 e. The minimum Gasteiger partial charge on any atom is -0.493 e. The lowest BCUT2D eigenvalue weighted by atomic mass is 9.93. The second-order valence-electron chi connectivity index (χ2n) is 7.02. The molecule has 0 saturated heterocycles. The molecule has 0 heterocycles. The first-order chi connectivity index (χ1) is 13.3. The summed E-state index contributed by atoms with van der Waals surface area (Å²) < 4.78 is 60.9. The van der Waals surface area contributed by atoms with E-state index in [9.17, 15) is 22.8 Å². The van der Waals surface area contributed by atoms with Gasteiger partial charge in [0, 0.05) is 0 Å². The predicted molar refractivity (Wildman–Crippen MR) is 104 cm³/mol.